The minimum Gasteiger partial charge on any atom is -0.466 e. The second-order valence-corrected chi connectivity index (χ2v) is 6.95. The highest BCUT2D eigenvalue weighted by Gasteiger charge is 2.12. The minimum absolute atomic E-state index is 0.00999. The third-order valence-electron chi connectivity index (χ3n) is 2.88. The number of benzene rings is 1. The van der Waals surface area contributed by atoms with Crippen molar-refractivity contribution < 1.29 is 23.1 Å². The van der Waals surface area contributed by atoms with Gasteiger partial charge in [0.15, 0.2) is 4.34 Å². The standard InChI is InChI=1S/C15H15F2N3O3S2/c1-2-23-13(22)6-5-12(21)18-14-19-20-15(25-14)24-8-9-3-4-10(16)7-11(9)17/h3-4,7H,2,5-6,8H2,1H3,(H,18,19,21). The van der Waals surface area contributed by atoms with E-state index >= 15 is 0 Å². The fraction of sp³-hybridized carbons (Fsp3) is 0.333. The zero-order valence-electron chi connectivity index (χ0n) is 13.3. The summed E-state index contributed by atoms with van der Waals surface area (Å²) in [5.41, 5.74) is 0.349. The van der Waals surface area contributed by atoms with Gasteiger partial charge in [-0.1, -0.05) is 29.2 Å². The van der Waals surface area contributed by atoms with Crippen molar-refractivity contribution in [3.63, 3.8) is 0 Å². The number of carbonyl (C=O) groups excluding carboxylic acids is 2. The first-order chi connectivity index (χ1) is 12.0. The summed E-state index contributed by atoms with van der Waals surface area (Å²) in [6.07, 6.45) is -0.0222. The van der Waals surface area contributed by atoms with Gasteiger partial charge >= 0.3 is 5.97 Å². The third kappa shape index (κ3) is 6.39. The van der Waals surface area contributed by atoms with Crippen LogP contribution in [-0.4, -0.2) is 28.7 Å². The molecule has 6 nitrogen and oxygen atoms in total. The first-order valence-electron chi connectivity index (χ1n) is 7.33. The van der Waals surface area contributed by atoms with Crippen LogP contribution in [0.3, 0.4) is 0 Å². The molecule has 25 heavy (non-hydrogen) atoms. The Kier molecular flexibility index (Phi) is 7.26. The maximum absolute atomic E-state index is 13.6. The lowest BCUT2D eigenvalue weighted by Crippen LogP contribution is -2.14. The Morgan fingerprint density at radius 3 is 2.80 bits per heavy atom. The van der Waals surface area contributed by atoms with Crippen LogP contribution in [0.1, 0.15) is 25.3 Å². The number of nitrogens with one attached hydrogen (secondary N) is 1. The average Bonchev–Trinajstić information content (AvgIpc) is 3.00. The predicted octanol–water partition coefficient (Wildman–Crippen LogP) is 3.39. The average molecular weight is 387 g/mol. The Labute approximate surface area is 151 Å². The van der Waals surface area contributed by atoms with Crippen molar-refractivity contribution in [2.45, 2.75) is 29.9 Å². The number of esters is 1. The molecule has 134 valence electrons. The maximum Gasteiger partial charge on any atom is 0.306 e. The molecule has 0 radical (unpaired) electrons. The number of ether oxygens (including phenoxy) is 1. The lowest BCUT2D eigenvalue weighted by Gasteiger charge is -2.01. The maximum atomic E-state index is 13.6. The van der Waals surface area contributed by atoms with Gasteiger partial charge < -0.3 is 10.1 Å². The van der Waals surface area contributed by atoms with Crippen LogP contribution in [0.2, 0.25) is 0 Å². The van der Waals surface area contributed by atoms with Crippen LogP contribution < -0.4 is 5.32 Å². The third-order valence-corrected chi connectivity index (χ3v) is 4.90. The summed E-state index contributed by atoms with van der Waals surface area (Å²) in [7, 11) is 0. The van der Waals surface area contributed by atoms with Crippen molar-refractivity contribution >= 4 is 40.1 Å². The molecular formula is C15H15F2N3O3S2. The van der Waals surface area contributed by atoms with Gasteiger partial charge in [0.2, 0.25) is 11.0 Å². The van der Waals surface area contributed by atoms with Gasteiger partial charge in [0.25, 0.3) is 0 Å². The quantitative estimate of drug-likeness (QED) is 0.425. The molecular weight excluding hydrogens is 372 g/mol. The zero-order valence-corrected chi connectivity index (χ0v) is 14.9. The van der Waals surface area contributed by atoms with Crippen LogP contribution in [-0.2, 0) is 20.1 Å². The second kappa shape index (κ2) is 9.42. The zero-order chi connectivity index (χ0) is 18.2. The lowest BCUT2D eigenvalue weighted by molar-refractivity contribution is -0.144. The van der Waals surface area contributed by atoms with E-state index in [4.69, 9.17) is 4.74 Å². The van der Waals surface area contributed by atoms with Crippen molar-refractivity contribution in [2.75, 3.05) is 11.9 Å². The summed E-state index contributed by atoms with van der Waals surface area (Å²) in [5, 5.41) is 10.5. The highest BCUT2D eigenvalue weighted by molar-refractivity contribution is 8.00. The summed E-state index contributed by atoms with van der Waals surface area (Å²) in [5.74, 6) is -1.80. The Morgan fingerprint density at radius 1 is 1.28 bits per heavy atom. The summed E-state index contributed by atoms with van der Waals surface area (Å²) in [4.78, 5) is 22.9. The fourth-order valence-electron chi connectivity index (χ4n) is 1.73. The van der Waals surface area contributed by atoms with E-state index in [1.165, 1.54) is 23.9 Å². The van der Waals surface area contributed by atoms with Gasteiger partial charge in [-0.25, -0.2) is 8.78 Å². The number of rotatable bonds is 8. The molecule has 0 unspecified atom stereocenters. The number of halogens is 2. The number of aromatic nitrogens is 2. The van der Waals surface area contributed by atoms with Gasteiger partial charge in [-0.2, -0.15) is 0 Å². The molecule has 0 bridgehead atoms. The highest BCUT2D eigenvalue weighted by atomic mass is 32.2. The molecule has 0 spiro atoms. The van der Waals surface area contributed by atoms with Crippen molar-refractivity contribution in [3.05, 3.63) is 35.4 Å². The van der Waals surface area contributed by atoms with Crippen LogP contribution >= 0.6 is 23.1 Å². The molecule has 0 fully saturated rings. The SMILES string of the molecule is CCOC(=O)CCC(=O)Nc1nnc(SCc2ccc(F)cc2F)s1. The van der Waals surface area contributed by atoms with Gasteiger partial charge in [-0.3, -0.25) is 9.59 Å². The second-order valence-electron chi connectivity index (χ2n) is 4.75. The van der Waals surface area contributed by atoms with E-state index < -0.39 is 17.6 Å². The van der Waals surface area contributed by atoms with Crippen LogP contribution in [0.5, 0.6) is 0 Å². The van der Waals surface area contributed by atoms with Crippen LogP contribution in [0.15, 0.2) is 22.5 Å². The molecule has 0 aliphatic rings. The molecule has 1 aromatic heterocycles. The molecule has 1 aromatic carbocycles. The fourth-order valence-corrected chi connectivity index (χ4v) is 3.48. The van der Waals surface area contributed by atoms with E-state index in [2.05, 4.69) is 15.5 Å². The molecule has 2 aromatic rings. The number of nitrogens with zero attached hydrogens (tertiary/aromatic N) is 2. The van der Waals surface area contributed by atoms with E-state index in [1.54, 1.807) is 6.92 Å². The van der Waals surface area contributed by atoms with Crippen LogP contribution in [0, 0.1) is 11.6 Å². The van der Waals surface area contributed by atoms with E-state index in [0.717, 1.165) is 17.4 Å². The topological polar surface area (TPSA) is 81.2 Å². The van der Waals surface area contributed by atoms with Gasteiger partial charge in [0.1, 0.15) is 11.6 Å². The molecule has 0 aliphatic carbocycles. The summed E-state index contributed by atoms with van der Waals surface area (Å²) in [6, 6.07) is 3.39. The predicted molar refractivity (Wildman–Crippen MR) is 90.3 cm³/mol. The number of carbonyl (C=O) groups is 2. The molecule has 0 saturated heterocycles. The van der Waals surface area contributed by atoms with Crippen molar-refractivity contribution in [3.8, 4) is 0 Å². The monoisotopic (exact) mass is 387 g/mol. The first kappa shape index (κ1) is 19.3. The Balaban J connectivity index is 1.81. The van der Waals surface area contributed by atoms with E-state index in [0.29, 0.717) is 9.90 Å². The Bertz CT molecular complexity index is 755. The van der Waals surface area contributed by atoms with E-state index in [1.807, 2.05) is 0 Å². The molecule has 1 amide bonds. The number of hydrogen-bond acceptors (Lipinski definition) is 7. The molecule has 0 atom stereocenters. The van der Waals surface area contributed by atoms with Crippen LogP contribution in [0.4, 0.5) is 13.9 Å². The highest BCUT2D eigenvalue weighted by Crippen LogP contribution is 2.29. The summed E-state index contributed by atoms with van der Waals surface area (Å²) >= 11 is 2.35. The van der Waals surface area contributed by atoms with E-state index in [-0.39, 0.29) is 36.2 Å². The van der Waals surface area contributed by atoms with Crippen molar-refractivity contribution in [2.24, 2.45) is 0 Å². The number of thioether (sulfide) groups is 1. The largest absolute Gasteiger partial charge is 0.466 e. The molecule has 0 aliphatic heterocycles. The van der Waals surface area contributed by atoms with Crippen molar-refractivity contribution in [1.82, 2.24) is 10.2 Å². The molecule has 10 heteroatoms. The van der Waals surface area contributed by atoms with Gasteiger partial charge in [-0.15, -0.1) is 10.2 Å². The molecule has 2 rings (SSSR count). The lowest BCUT2D eigenvalue weighted by atomic mass is 10.2. The molecule has 1 heterocycles. The van der Waals surface area contributed by atoms with Crippen LogP contribution in [0.25, 0.3) is 0 Å². The Hall–Kier alpha value is -2.07. The molecule has 0 saturated carbocycles. The molecule has 1 N–H and O–H groups in total. The van der Waals surface area contributed by atoms with Crippen molar-refractivity contribution in [1.29, 1.82) is 0 Å². The van der Waals surface area contributed by atoms with E-state index in [9.17, 15) is 18.4 Å². The minimum atomic E-state index is -0.630. The Morgan fingerprint density at radius 2 is 2.08 bits per heavy atom. The number of amides is 1. The summed E-state index contributed by atoms with van der Waals surface area (Å²) < 4.78 is 31.7. The van der Waals surface area contributed by atoms with Gasteiger partial charge in [0, 0.05) is 18.2 Å². The van der Waals surface area contributed by atoms with Gasteiger partial charge in [0.05, 0.1) is 13.0 Å². The van der Waals surface area contributed by atoms with Gasteiger partial charge in [-0.05, 0) is 18.6 Å². The summed E-state index contributed by atoms with van der Waals surface area (Å²) in [6.45, 7) is 1.96. The first-order valence-corrected chi connectivity index (χ1v) is 9.14. The normalized spacial score (nSPS) is 10.5. The smallest absolute Gasteiger partial charge is 0.306 e. The number of anilines is 1. The number of hydrogen-bond donors (Lipinski definition) is 1.